The lowest BCUT2D eigenvalue weighted by Crippen LogP contribution is -2.50. The van der Waals surface area contributed by atoms with Crippen molar-refractivity contribution in [3.63, 3.8) is 0 Å². The fraction of sp³-hybridized carbons (Fsp3) is 0.360. The molecule has 0 N–H and O–H groups in total. The highest BCUT2D eigenvalue weighted by Gasteiger charge is 2.30. The lowest BCUT2D eigenvalue weighted by Gasteiger charge is -2.33. The number of nitrogens with zero attached hydrogens (tertiary/aromatic N) is 4. The van der Waals surface area contributed by atoms with Gasteiger partial charge < -0.3 is 18.9 Å². The molecule has 2 aromatic carbocycles. The summed E-state index contributed by atoms with van der Waals surface area (Å²) in [6.45, 7) is 4.45. The molecule has 1 aliphatic heterocycles. The van der Waals surface area contributed by atoms with Gasteiger partial charge in [-0.05, 0) is 56.3 Å². The summed E-state index contributed by atoms with van der Waals surface area (Å²) in [7, 11) is -3.83. The third-order valence-electron chi connectivity index (χ3n) is 5.94. The molecule has 208 valence electrons. The molecule has 0 unspecified atom stereocenters. The van der Waals surface area contributed by atoms with Gasteiger partial charge in [0.1, 0.15) is 6.54 Å². The summed E-state index contributed by atoms with van der Waals surface area (Å²) in [5.74, 6) is -1.07. The molecule has 0 bridgehead atoms. The van der Waals surface area contributed by atoms with Crippen molar-refractivity contribution in [2.45, 2.75) is 25.3 Å². The first kappa shape index (κ1) is 28.7. The third kappa shape index (κ3) is 6.49. The van der Waals surface area contributed by atoms with Crippen LogP contribution in [0, 0.1) is 0 Å². The second-order valence-electron chi connectivity index (χ2n) is 8.42. The predicted octanol–water partition coefficient (Wildman–Crippen LogP) is 3.12. The molecule has 1 aliphatic rings. The van der Waals surface area contributed by atoms with Gasteiger partial charge >= 0.3 is 12.1 Å². The zero-order valence-electron chi connectivity index (χ0n) is 21.3. The molecule has 0 aliphatic carbocycles. The summed E-state index contributed by atoms with van der Waals surface area (Å²) < 4.78 is 39.9. The van der Waals surface area contributed by atoms with Crippen molar-refractivity contribution in [2.75, 3.05) is 39.4 Å². The number of benzene rings is 2. The molecular formula is C25H27ClN4O7S2. The minimum atomic E-state index is -3.83. The van der Waals surface area contributed by atoms with E-state index < -0.39 is 28.0 Å². The molecule has 0 atom stereocenters. The van der Waals surface area contributed by atoms with Crippen LogP contribution in [0.3, 0.4) is 0 Å². The molecule has 2 heterocycles. The maximum absolute atomic E-state index is 13.1. The Kier molecular flexibility index (Phi) is 9.05. The number of carbonyl (C=O) groups is 3. The van der Waals surface area contributed by atoms with Crippen LogP contribution in [-0.4, -0.2) is 79.6 Å². The zero-order chi connectivity index (χ0) is 28.2. The number of hydrogen-bond acceptors (Lipinski definition) is 8. The van der Waals surface area contributed by atoms with Crippen LogP contribution in [0.2, 0.25) is 5.02 Å². The number of halogens is 1. The van der Waals surface area contributed by atoms with Gasteiger partial charge in [0.2, 0.25) is 10.0 Å². The van der Waals surface area contributed by atoms with E-state index in [1.165, 1.54) is 44.8 Å². The summed E-state index contributed by atoms with van der Waals surface area (Å²) in [4.78, 5) is 43.1. The van der Waals surface area contributed by atoms with E-state index in [2.05, 4.69) is 4.99 Å². The molecule has 14 heteroatoms. The first-order chi connectivity index (χ1) is 18.6. The largest absolute Gasteiger partial charge is 0.465 e. The van der Waals surface area contributed by atoms with Crippen LogP contribution in [0.4, 0.5) is 4.79 Å². The number of hydrogen-bond donors (Lipinski definition) is 0. The van der Waals surface area contributed by atoms with E-state index >= 15 is 0 Å². The highest BCUT2D eigenvalue weighted by molar-refractivity contribution is 7.89. The van der Waals surface area contributed by atoms with Gasteiger partial charge in [0, 0.05) is 36.8 Å². The van der Waals surface area contributed by atoms with E-state index in [9.17, 15) is 22.8 Å². The van der Waals surface area contributed by atoms with Crippen LogP contribution in [0.1, 0.15) is 24.2 Å². The Morgan fingerprint density at radius 2 is 1.64 bits per heavy atom. The molecule has 11 nitrogen and oxygen atoms in total. The topological polar surface area (TPSA) is 128 Å². The van der Waals surface area contributed by atoms with Crippen molar-refractivity contribution >= 4 is 61.1 Å². The maximum Gasteiger partial charge on any atom is 0.409 e. The normalized spacial score (nSPS) is 14.9. The van der Waals surface area contributed by atoms with Crippen molar-refractivity contribution in [3.8, 4) is 0 Å². The minimum Gasteiger partial charge on any atom is -0.465 e. The van der Waals surface area contributed by atoms with Gasteiger partial charge in [-0.15, -0.1) is 0 Å². The number of sulfonamides is 1. The minimum absolute atomic E-state index is 0.0255. The van der Waals surface area contributed by atoms with Gasteiger partial charge in [-0.3, -0.25) is 9.59 Å². The number of aromatic nitrogens is 1. The molecule has 1 fully saturated rings. The number of esters is 1. The van der Waals surface area contributed by atoms with Crippen LogP contribution >= 0.6 is 22.9 Å². The summed E-state index contributed by atoms with van der Waals surface area (Å²) >= 11 is 7.31. The third-order valence-corrected chi connectivity index (χ3v) is 9.13. The van der Waals surface area contributed by atoms with Gasteiger partial charge in [0.15, 0.2) is 4.80 Å². The fourth-order valence-electron chi connectivity index (χ4n) is 4.02. The first-order valence-electron chi connectivity index (χ1n) is 12.2. The second-order valence-corrected chi connectivity index (χ2v) is 11.8. The molecule has 39 heavy (non-hydrogen) atoms. The number of amides is 2. The Morgan fingerprint density at radius 1 is 0.974 bits per heavy atom. The van der Waals surface area contributed by atoms with Crippen LogP contribution < -0.4 is 4.80 Å². The van der Waals surface area contributed by atoms with Gasteiger partial charge in [-0.25, -0.2) is 13.2 Å². The standard InChI is InChI=1S/C25H27ClN4O7S2/c1-3-36-22(31)16-30-20-10-7-18(26)15-21(20)38-24(30)27-23(32)17-5-8-19(9-6-17)39(34,35)29-13-11-28(12-14-29)25(33)37-4-2/h5-10,15H,3-4,11-14,16H2,1-2H3. The molecule has 4 rings (SSSR count). The second kappa shape index (κ2) is 12.3. The highest BCUT2D eigenvalue weighted by Crippen LogP contribution is 2.23. The van der Waals surface area contributed by atoms with Crippen LogP contribution in [0.15, 0.2) is 52.4 Å². The van der Waals surface area contributed by atoms with E-state index in [1.54, 1.807) is 36.6 Å². The number of rotatable bonds is 7. The first-order valence-corrected chi connectivity index (χ1v) is 14.8. The zero-order valence-corrected chi connectivity index (χ0v) is 23.7. The lowest BCUT2D eigenvalue weighted by atomic mass is 10.2. The van der Waals surface area contributed by atoms with Gasteiger partial charge in [0.25, 0.3) is 5.91 Å². The number of carbonyl (C=O) groups excluding carboxylic acids is 3. The van der Waals surface area contributed by atoms with Gasteiger partial charge in [0.05, 0.1) is 28.3 Å². The lowest BCUT2D eigenvalue weighted by molar-refractivity contribution is -0.143. The van der Waals surface area contributed by atoms with Crippen LogP contribution in [0.5, 0.6) is 0 Å². The van der Waals surface area contributed by atoms with Crippen molar-refractivity contribution in [1.82, 2.24) is 13.8 Å². The average molecular weight is 595 g/mol. The van der Waals surface area contributed by atoms with Crippen molar-refractivity contribution < 1.29 is 32.3 Å². The Labute approximate surface area is 234 Å². The molecule has 0 radical (unpaired) electrons. The predicted molar refractivity (Wildman–Crippen MR) is 145 cm³/mol. The van der Waals surface area contributed by atoms with E-state index in [0.29, 0.717) is 10.5 Å². The number of fused-ring (bicyclic) bond motifs is 1. The van der Waals surface area contributed by atoms with E-state index in [1.807, 2.05) is 0 Å². The highest BCUT2D eigenvalue weighted by atomic mass is 35.5. The summed E-state index contributed by atoms with van der Waals surface area (Å²) in [6.07, 6.45) is -0.466. The fourth-order valence-corrected chi connectivity index (χ4v) is 6.74. The summed E-state index contributed by atoms with van der Waals surface area (Å²) in [5.41, 5.74) is 0.854. The monoisotopic (exact) mass is 594 g/mol. The van der Waals surface area contributed by atoms with E-state index in [0.717, 1.165) is 4.70 Å². The van der Waals surface area contributed by atoms with Crippen molar-refractivity contribution in [2.24, 2.45) is 4.99 Å². The van der Waals surface area contributed by atoms with Crippen LogP contribution in [0.25, 0.3) is 10.2 Å². The number of thiazole rings is 1. The Balaban J connectivity index is 1.55. The molecular weight excluding hydrogens is 568 g/mol. The SMILES string of the molecule is CCOC(=O)Cn1c(=NC(=O)c2ccc(S(=O)(=O)N3CCN(C(=O)OCC)CC3)cc2)sc2cc(Cl)ccc21. The Hall–Kier alpha value is -3.26. The molecule has 1 saturated heterocycles. The summed E-state index contributed by atoms with van der Waals surface area (Å²) in [6, 6.07) is 10.6. The van der Waals surface area contributed by atoms with E-state index in [4.69, 9.17) is 21.1 Å². The van der Waals surface area contributed by atoms with Gasteiger partial charge in [-0.2, -0.15) is 9.30 Å². The molecule has 1 aromatic heterocycles. The Bertz CT molecular complexity index is 1560. The average Bonchev–Trinajstić information content (AvgIpc) is 3.24. The maximum atomic E-state index is 13.1. The molecule has 0 saturated carbocycles. The van der Waals surface area contributed by atoms with Gasteiger partial charge in [-0.1, -0.05) is 22.9 Å². The van der Waals surface area contributed by atoms with Crippen molar-refractivity contribution in [1.29, 1.82) is 0 Å². The smallest absolute Gasteiger partial charge is 0.409 e. The Morgan fingerprint density at radius 3 is 2.28 bits per heavy atom. The van der Waals surface area contributed by atoms with Crippen LogP contribution in [-0.2, 0) is 30.8 Å². The molecule has 3 aromatic rings. The number of ether oxygens (including phenoxy) is 2. The molecule has 0 spiro atoms. The summed E-state index contributed by atoms with van der Waals surface area (Å²) in [5, 5.41) is 0.504. The van der Waals surface area contributed by atoms with Crippen molar-refractivity contribution in [3.05, 3.63) is 57.9 Å². The quantitative estimate of drug-likeness (QED) is 0.385. The van der Waals surface area contributed by atoms with E-state index in [-0.39, 0.29) is 61.2 Å². The number of piperazine rings is 1. The molecule has 2 amide bonds.